The Morgan fingerprint density at radius 2 is 0.447 bits per heavy atom. The second kappa shape index (κ2) is 34.2. The van der Waals surface area contributed by atoms with Gasteiger partial charge in [-0.25, -0.2) is 44.9 Å². The molecule has 6 aliphatic rings. The summed E-state index contributed by atoms with van der Waals surface area (Å²) in [5.74, 6) is 5.66. The lowest BCUT2D eigenvalue weighted by Crippen LogP contribution is -2.25. The maximum Gasteiger partial charge on any atom is 0.164 e. The molecule has 698 valence electrons. The smallest absolute Gasteiger partial charge is 0.164 e. The van der Waals surface area contributed by atoms with Gasteiger partial charge in [0.15, 0.2) is 52.4 Å². The molecule has 2 N–H and O–H groups in total. The minimum absolute atomic E-state index is 0.504. The summed E-state index contributed by atoms with van der Waals surface area (Å²) >= 11 is 0. The van der Waals surface area contributed by atoms with E-state index in [-0.39, 0.29) is 0 Å². The van der Waals surface area contributed by atoms with Crippen LogP contribution in [0.25, 0.3) is 213 Å². The fourth-order valence-corrected chi connectivity index (χ4v) is 24.8. The number of nitrogens with zero attached hydrogens (tertiary/aromatic N) is 11. The molecule has 0 saturated carbocycles. The molecule has 6 heterocycles. The molecule has 0 radical (unpaired) electrons. The van der Waals surface area contributed by atoms with Crippen LogP contribution in [0, 0.1) is 22.7 Å². The fourth-order valence-electron chi connectivity index (χ4n) is 24.8. The number of aromatic nitrogens is 9. The van der Waals surface area contributed by atoms with Crippen LogP contribution < -0.4 is 5.73 Å². The predicted octanol–water partition coefficient (Wildman–Crippen LogP) is 30.8. The normalized spacial score (nSPS) is 15.1. The van der Waals surface area contributed by atoms with Gasteiger partial charge in [-0.2, -0.15) is 10.5 Å². The molecule has 19 aromatic carbocycles. The van der Waals surface area contributed by atoms with Crippen molar-refractivity contribution < 1.29 is 13.3 Å². The van der Waals surface area contributed by atoms with Crippen molar-refractivity contribution in [3.8, 4) is 193 Å². The van der Waals surface area contributed by atoms with Crippen molar-refractivity contribution in [3.63, 3.8) is 0 Å². The Balaban J connectivity index is 0.000000106. The highest BCUT2D eigenvalue weighted by Crippen LogP contribution is 2.69. The topological polar surface area (TPSA) is 229 Å². The maximum absolute atomic E-state index is 10.1. The molecule has 150 heavy (non-hydrogen) atoms. The van der Waals surface area contributed by atoms with Crippen molar-refractivity contribution in [3.05, 3.63) is 545 Å². The number of hydrogen-bond donors (Lipinski definition) is 1. The summed E-state index contributed by atoms with van der Waals surface area (Å²) in [4.78, 5) is 45.5. The fraction of sp³-hybridized carbons (Fsp3) is 0.0296. The van der Waals surface area contributed by atoms with E-state index in [1.54, 1.807) is 12.5 Å². The van der Waals surface area contributed by atoms with Crippen molar-refractivity contribution in [2.45, 2.75) is 22.8 Å². The van der Waals surface area contributed by atoms with Crippen molar-refractivity contribution in [2.24, 2.45) is 5.73 Å². The van der Waals surface area contributed by atoms with E-state index in [0.29, 0.717) is 81.3 Å². The minimum Gasteiger partial charge on any atom is -0.464 e. The van der Waals surface area contributed by atoms with Crippen LogP contribution in [0.4, 0.5) is 0 Å². The standard InChI is InChI=1S/C49H32N4O.2C43H24N4O/c50-28-30-19-21-31(22-20-30)38-29-54-43-26-25-41-44(45(38)43)37-16-8-10-18-40(37)49(41)39-17-9-7-15-35(39)36-24-23-34(27-42(36)49)48-52-46(32-11-3-1-4-12-32)51-47(53-48)33-13-5-2-6-14-33;44-24-28-25-48-36-23-22-35-39(37(28)36)30-17-8-10-20-33(30)43(35)32-19-9-7-16-29(32)38-31(18-11-21-34(38)43)42-46-40(26-12-3-1-4-13-26)45-41(47-42)27-14-5-2-6-15-27;44-24-29-25-48-37-22-21-35-39(38(29)37)32-16-8-10-18-34(32)43(35)33-17-9-7-15-30(33)31-20-19-28(23-36(31)43)42-46-40(26-11-3-1-4-12-26)45-41(47-42)27-13-5-2-6-14-27/h1-27,29H,28,50H2;2*1-23,25H. The van der Waals surface area contributed by atoms with Gasteiger partial charge in [-0.15, -0.1) is 0 Å². The number of benzene rings is 19. The molecule has 3 spiro atoms. The van der Waals surface area contributed by atoms with E-state index in [4.69, 9.17) is 63.8 Å². The van der Waals surface area contributed by atoms with E-state index in [0.717, 1.165) is 144 Å². The van der Waals surface area contributed by atoms with Crippen LogP contribution in [0.3, 0.4) is 0 Å². The van der Waals surface area contributed by atoms with E-state index in [1.807, 2.05) is 200 Å². The van der Waals surface area contributed by atoms with E-state index >= 15 is 0 Å². The molecule has 25 aromatic rings. The van der Waals surface area contributed by atoms with Crippen molar-refractivity contribution in [2.75, 3.05) is 0 Å². The molecule has 3 unspecified atom stereocenters. The zero-order valence-electron chi connectivity index (χ0n) is 80.3. The van der Waals surface area contributed by atoms with Gasteiger partial charge in [0.2, 0.25) is 0 Å². The average Bonchev–Trinajstić information content (AvgIpc) is 1.51. The summed E-state index contributed by atoms with van der Waals surface area (Å²) in [6, 6.07) is 159. The summed E-state index contributed by atoms with van der Waals surface area (Å²) in [6.07, 6.45) is 5.05. The molecule has 3 atom stereocenters. The molecular formula is C135H80N12O3. The molecule has 0 aliphatic heterocycles. The highest BCUT2D eigenvalue weighted by Gasteiger charge is 2.57. The van der Waals surface area contributed by atoms with Crippen LogP contribution in [0.15, 0.2) is 475 Å². The predicted molar refractivity (Wildman–Crippen MR) is 589 cm³/mol. The summed E-state index contributed by atoms with van der Waals surface area (Å²) in [5, 5.41) is 23.1. The molecule has 15 nitrogen and oxygen atoms in total. The first-order chi connectivity index (χ1) is 74.2. The number of rotatable bonds is 11. The SMILES string of the molecule is N#Cc1coc2ccc3c(c12)-c1ccccc1C31c2ccccc2-c2c(-c3nc(-c4ccccc4)nc(-c4ccccc4)n3)cccc21.N#Cc1coc2ccc3c(c12)-c1ccccc1C31c2ccccc2-c2ccc(-c3nc(-c4ccccc4)nc(-c4ccccc4)n3)cc21.NCc1ccc(-c2coc3ccc4c(c23)-c2ccccc2C42c3ccccc3-c3ccc(-c4nc(-c5ccccc5)nc(-c5ccccc5)n4)cc32)cc1. The Kier molecular flexibility index (Phi) is 19.7. The summed E-state index contributed by atoms with van der Waals surface area (Å²) in [7, 11) is 0. The Bertz CT molecular complexity index is 9670. The number of furan rings is 3. The van der Waals surface area contributed by atoms with Gasteiger partial charge in [0.25, 0.3) is 0 Å². The third-order valence-corrected chi connectivity index (χ3v) is 31.0. The van der Waals surface area contributed by atoms with E-state index in [2.05, 4.69) is 261 Å². The van der Waals surface area contributed by atoms with Gasteiger partial charge in [0, 0.05) is 78.3 Å². The van der Waals surface area contributed by atoms with E-state index in [1.165, 1.54) is 77.9 Å². The molecule has 0 bridgehead atoms. The molecular weight excluding hydrogens is 1840 g/mol. The molecule has 0 saturated heterocycles. The highest BCUT2D eigenvalue weighted by atomic mass is 16.3. The van der Waals surface area contributed by atoms with Crippen LogP contribution >= 0.6 is 0 Å². The zero-order chi connectivity index (χ0) is 99.4. The minimum atomic E-state index is -0.608. The lowest BCUT2D eigenvalue weighted by atomic mass is 9.70. The second-order valence-electron chi connectivity index (χ2n) is 38.5. The maximum atomic E-state index is 10.1. The number of nitriles is 2. The van der Waals surface area contributed by atoms with Crippen LogP contribution in [0.5, 0.6) is 0 Å². The third kappa shape index (κ3) is 12.8. The van der Waals surface area contributed by atoms with Crippen molar-refractivity contribution in [1.29, 1.82) is 10.5 Å². The molecule has 6 aromatic heterocycles. The number of hydrogen-bond acceptors (Lipinski definition) is 15. The van der Waals surface area contributed by atoms with Gasteiger partial charge in [-0.05, 0) is 175 Å². The van der Waals surface area contributed by atoms with Gasteiger partial charge >= 0.3 is 0 Å². The lowest BCUT2D eigenvalue weighted by molar-refractivity contribution is 0.614. The van der Waals surface area contributed by atoms with E-state index in [9.17, 15) is 10.5 Å². The quantitative estimate of drug-likeness (QED) is 0.127. The Hall–Kier alpha value is -20.2. The first kappa shape index (κ1) is 86.4. The molecule has 0 amide bonds. The van der Waals surface area contributed by atoms with Gasteiger partial charge in [0.1, 0.15) is 41.4 Å². The number of fused-ring (bicyclic) bond motifs is 36. The number of nitrogens with two attached hydrogens (primary N) is 1. The van der Waals surface area contributed by atoms with Gasteiger partial charge in [-0.3, -0.25) is 0 Å². The second-order valence-corrected chi connectivity index (χ2v) is 38.5. The van der Waals surface area contributed by atoms with Gasteiger partial charge in [-0.1, -0.05) is 413 Å². The van der Waals surface area contributed by atoms with Crippen LogP contribution in [0.2, 0.25) is 0 Å². The Morgan fingerprint density at radius 1 is 0.193 bits per heavy atom. The molecule has 0 fully saturated rings. The average molecular weight is 1920 g/mol. The largest absolute Gasteiger partial charge is 0.464 e. The monoisotopic (exact) mass is 1920 g/mol. The summed E-state index contributed by atoms with van der Waals surface area (Å²) < 4.78 is 18.1. The van der Waals surface area contributed by atoms with Crippen LogP contribution in [-0.2, 0) is 22.8 Å². The summed E-state index contributed by atoms with van der Waals surface area (Å²) in [6.45, 7) is 0.504. The Morgan fingerprint density at radius 3 is 0.793 bits per heavy atom. The molecule has 6 aliphatic carbocycles. The molecule has 31 rings (SSSR count). The Labute approximate surface area is 861 Å². The van der Waals surface area contributed by atoms with Crippen molar-refractivity contribution >= 4 is 32.9 Å². The zero-order valence-corrected chi connectivity index (χ0v) is 80.3. The van der Waals surface area contributed by atoms with Gasteiger partial charge < -0.3 is 19.0 Å². The van der Waals surface area contributed by atoms with Crippen LogP contribution in [0.1, 0.15) is 83.5 Å². The summed E-state index contributed by atoms with van der Waals surface area (Å²) in [5.41, 5.74) is 47.4. The highest BCUT2D eigenvalue weighted by molar-refractivity contribution is 6.13. The first-order valence-electron chi connectivity index (χ1n) is 50.1. The third-order valence-electron chi connectivity index (χ3n) is 31.0. The van der Waals surface area contributed by atoms with E-state index < -0.39 is 16.2 Å². The van der Waals surface area contributed by atoms with Gasteiger partial charge in [0.05, 0.1) is 33.6 Å². The van der Waals surface area contributed by atoms with Crippen molar-refractivity contribution in [1.82, 2.24) is 44.9 Å². The lowest BCUT2D eigenvalue weighted by Gasteiger charge is -2.30. The molecule has 15 heteroatoms. The first-order valence-corrected chi connectivity index (χ1v) is 50.1. The van der Waals surface area contributed by atoms with Crippen LogP contribution in [-0.4, -0.2) is 44.9 Å².